The molecule has 0 spiro atoms. The van der Waals surface area contributed by atoms with Gasteiger partial charge < -0.3 is 19.6 Å². The van der Waals surface area contributed by atoms with E-state index in [4.69, 9.17) is 14.3 Å². The van der Waals surface area contributed by atoms with Crippen LogP contribution < -0.4 is 14.8 Å². The van der Waals surface area contributed by atoms with Gasteiger partial charge in [0.15, 0.2) is 6.61 Å². The monoisotopic (exact) mass is 368 g/mol. The quantitative estimate of drug-likeness (QED) is 0.437. The molecule has 0 radical (unpaired) electrons. The molecule has 1 heterocycles. The van der Waals surface area contributed by atoms with Crippen LogP contribution in [0.1, 0.15) is 31.4 Å². The SMILES string of the molecule is CC(C)Oc1ccccc1/C=N/OCCOc1ccc2c(c1)CCC(=O)N2. The number of para-hydroxylation sites is 1. The summed E-state index contributed by atoms with van der Waals surface area (Å²) in [5.41, 5.74) is 2.82. The largest absolute Gasteiger partial charge is 0.490 e. The number of nitrogens with zero attached hydrogens (tertiary/aromatic N) is 1. The molecule has 1 aliphatic heterocycles. The number of anilines is 1. The number of amides is 1. The molecule has 6 nitrogen and oxygen atoms in total. The van der Waals surface area contributed by atoms with E-state index < -0.39 is 0 Å². The van der Waals surface area contributed by atoms with Crippen LogP contribution in [-0.4, -0.2) is 31.4 Å². The number of rotatable bonds is 8. The van der Waals surface area contributed by atoms with Crippen LogP contribution in [0.25, 0.3) is 0 Å². The highest BCUT2D eigenvalue weighted by atomic mass is 16.6. The molecule has 0 fully saturated rings. The third-order valence-corrected chi connectivity index (χ3v) is 3.96. The second-order valence-electron chi connectivity index (χ2n) is 6.49. The van der Waals surface area contributed by atoms with Crippen molar-refractivity contribution in [3.8, 4) is 11.5 Å². The molecule has 0 atom stereocenters. The van der Waals surface area contributed by atoms with Crippen LogP contribution >= 0.6 is 0 Å². The number of carbonyl (C=O) groups excluding carboxylic acids is 1. The molecule has 2 aromatic rings. The molecular formula is C21H24N2O4. The Labute approximate surface area is 159 Å². The maximum absolute atomic E-state index is 11.4. The van der Waals surface area contributed by atoms with Crippen molar-refractivity contribution in [1.82, 2.24) is 0 Å². The first-order valence-corrected chi connectivity index (χ1v) is 9.08. The summed E-state index contributed by atoms with van der Waals surface area (Å²) in [6.07, 6.45) is 2.98. The van der Waals surface area contributed by atoms with Crippen LogP contribution in [0, 0.1) is 0 Å². The molecule has 27 heavy (non-hydrogen) atoms. The van der Waals surface area contributed by atoms with E-state index in [0.717, 1.165) is 34.7 Å². The molecule has 1 amide bonds. The first-order chi connectivity index (χ1) is 13.1. The Morgan fingerprint density at radius 2 is 2.00 bits per heavy atom. The number of hydrogen-bond donors (Lipinski definition) is 1. The molecule has 0 aromatic heterocycles. The minimum absolute atomic E-state index is 0.0581. The third kappa shape index (κ3) is 5.48. The highest BCUT2D eigenvalue weighted by Gasteiger charge is 2.14. The molecular weight excluding hydrogens is 344 g/mol. The molecule has 0 saturated carbocycles. The zero-order valence-corrected chi connectivity index (χ0v) is 15.6. The molecule has 0 saturated heterocycles. The summed E-state index contributed by atoms with van der Waals surface area (Å²) >= 11 is 0. The normalized spacial score (nSPS) is 13.4. The average molecular weight is 368 g/mol. The zero-order chi connectivity index (χ0) is 19.1. The van der Waals surface area contributed by atoms with Crippen LogP contribution in [0.5, 0.6) is 11.5 Å². The topological polar surface area (TPSA) is 69.1 Å². The van der Waals surface area contributed by atoms with Crippen LogP contribution in [0.3, 0.4) is 0 Å². The van der Waals surface area contributed by atoms with E-state index in [2.05, 4.69) is 10.5 Å². The van der Waals surface area contributed by atoms with Gasteiger partial charge >= 0.3 is 0 Å². The number of fused-ring (bicyclic) bond motifs is 1. The molecule has 0 unspecified atom stereocenters. The molecule has 142 valence electrons. The third-order valence-electron chi connectivity index (χ3n) is 3.96. The lowest BCUT2D eigenvalue weighted by molar-refractivity contribution is -0.116. The molecule has 1 N–H and O–H groups in total. The predicted molar refractivity (Wildman–Crippen MR) is 105 cm³/mol. The summed E-state index contributed by atoms with van der Waals surface area (Å²) in [7, 11) is 0. The van der Waals surface area contributed by atoms with Crippen LogP contribution in [0.2, 0.25) is 0 Å². The van der Waals surface area contributed by atoms with Crippen molar-refractivity contribution in [3.05, 3.63) is 53.6 Å². The van der Waals surface area contributed by atoms with Crippen molar-refractivity contribution in [1.29, 1.82) is 0 Å². The van der Waals surface area contributed by atoms with E-state index in [0.29, 0.717) is 19.6 Å². The van der Waals surface area contributed by atoms with Gasteiger partial charge in [-0.15, -0.1) is 0 Å². The Morgan fingerprint density at radius 3 is 2.85 bits per heavy atom. The minimum atomic E-state index is 0.0581. The van der Waals surface area contributed by atoms with E-state index in [9.17, 15) is 4.79 Å². The molecule has 0 bridgehead atoms. The second kappa shape index (κ2) is 9.07. The fraction of sp³-hybridized carbons (Fsp3) is 0.333. The highest BCUT2D eigenvalue weighted by molar-refractivity contribution is 5.94. The maximum atomic E-state index is 11.4. The molecule has 6 heteroatoms. The highest BCUT2D eigenvalue weighted by Crippen LogP contribution is 2.26. The first-order valence-electron chi connectivity index (χ1n) is 9.08. The summed E-state index contributed by atoms with van der Waals surface area (Å²) in [4.78, 5) is 16.7. The van der Waals surface area contributed by atoms with Crippen molar-refractivity contribution in [2.75, 3.05) is 18.5 Å². The van der Waals surface area contributed by atoms with E-state index in [1.54, 1.807) is 6.21 Å². The van der Waals surface area contributed by atoms with Gasteiger partial charge in [-0.05, 0) is 56.2 Å². The summed E-state index contributed by atoms with van der Waals surface area (Å²) < 4.78 is 11.4. The van der Waals surface area contributed by atoms with Gasteiger partial charge in [0, 0.05) is 17.7 Å². The number of hydrogen-bond acceptors (Lipinski definition) is 5. The summed E-state index contributed by atoms with van der Waals surface area (Å²) in [5.74, 6) is 1.59. The summed E-state index contributed by atoms with van der Waals surface area (Å²) in [5, 5.41) is 6.84. The van der Waals surface area contributed by atoms with Gasteiger partial charge in [-0.25, -0.2) is 0 Å². The maximum Gasteiger partial charge on any atom is 0.224 e. The minimum Gasteiger partial charge on any atom is -0.490 e. The number of ether oxygens (including phenoxy) is 2. The Morgan fingerprint density at radius 1 is 1.15 bits per heavy atom. The number of oxime groups is 1. The first kappa shape index (κ1) is 18.8. The van der Waals surface area contributed by atoms with Crippen LogP contribution in [-0.2, 0) is 16.1 Å². The van der Waals surface area contributed by atoms with Gasteiger partial charge in [-0.1, -0.05) is 17.3 Å². The van der Waals surface area contributed by atoms with Crippen molar-refractivity contribution in [2.24, 2.45) is 5.16 Å². The standard InChI is InChI=1S/C21H24N2O4/c1-15(2)27-20-6-4-3-5-17(20)14-22-26-12-11-25-18-8-9-19-16(13-18)7-10-21(24)23-19/h3-6,8-9,13-15H,7,10-12H2,1-2H3,(H,23,24)/b22-14+. The van der Waals surface area contributed by atoms with Crippen molar-refractivity contribution >= 4 is 17.8 Å². The van der Waals surface area contributed by atoms with Crippen LogP contribution in [0.4, 0.5) is 5.69 Å². The number of carbonyl (C=O) groups is 1. The van der Waals surface area contributed by atoms with Gasteiger partial charge in [0.2, 0.25) is 5.91 Å². The lowest BCUT2D eigenvalue weighted by Crippen LogP contribution is -2.18. The van der Waals surface area contributed by atoms with Gasteiger partial charge in [0.1, 0.15) is 18.1 Å². The Kier molecular flexibility index (Phi) is 6.30. The number of benzene rings is 2. The van der Waals surface area contributed by atoms with Crippen molar-refractivity contribution < 1.29 is 19.1 Å². The second-order valence-corrected chi connectivity index (χ2v) is 6.49. The van der Waals surface area contributed by atoms with E-state index >= 15 is 0 Å². The molecule has 3 rings (SSSR count). The van der Waals surface area contributed by atoms with E-state index in [1.165, 1.54) is 0 Å². The van der Waals surface area contributed by atoms with Crippen molar-refractivity contribution in [3.63, 3.8) is 0 Å². The van der Waals surface area contributed by atoms with Crippen LogP contribution in [0.15, 0.2) is 47.6 Å². The molecule has 2 aromatic carbocycles. The van der Waals surface area contributed by atoms with Gasteiger partial charge in [0.05, 0.1) is 12.3 Å². The Balaban J connectivity index is 1.45. The average Bonchev–Trinajstić information content (AvgIpc) is 2.65. The lowest BCUT2D eigenvalue weighted by Gasteiger charge is -2.17. The van der Waals surface area contributed by atoms with E-state index in [-0.39, 0.29) is 12.0 Å². The number of aryl methyl sites for hydroxylation is 1. The Hall–Kier alpha value is -3.02. The fourth-order valence-corrected chi connectivity index (χ4v) is 2.74. The van der Waals surface area contributed by atoms with Gasteiger partial charge in [-0.3, -0.25) is 4.79 Å². The molecule has 1 aliphatic rings. The number of nitrogens with one attached hydrogen (secondary N) is 1. The smallest absolute Gasteiger partial charge is 0.224 e. The Bertz CT molecular complexity index is 818. The van der Waals surface area contributed by atoms with E-state index in [1.807, 2.05) is 56.3 Å². The van der Waals surface area contributed by atoms with Crippen molar-refractivity contribution in [2.45, 2.75) is 32.8 Å². The zero-order valence-electron chi connectivity index (χ0n) is 15.6. The van der Waals surface area contributed by atoms with Gasteiger partial charge in [0.25, 0.3) is 0 Å². The van der Waals surface area contributed by atoms with Gasteiger partial charge in [-0.2, -0.15) is 0 Å². The molecule has 0 aliphatic carbocycles. The summed E-state index contributed by atoms with van der Waals surface area (Å²) in [6, 6.07) is 13.3. The summed E-state index contributed by atoms with van der Waals surface area (Å²) in [6.45, 7) is 4.68. The fourth-order valence-electron chi connectivity index (χ4n) is 2.74. The predicted octanol–water partition coefficient (Wildman–Crippen LogP) is 3.79. The lowest BCUT2D eigenvalue weighted by atomic mass is 10.0.